The van der Waals surface area contributed by atoms with E-state index in [0.29, 0.717) is 0 Å². The van der Waals surface area contributed by atoms with Crippen molar-refractivity contribution in [2.75, 3.05) is 5.75 Å². The number of hydrogen-bond acceptors (Lipinski definition) is 2. The third-order valence-corrected chi connectivity index (χ3v) is 3.03. The molecule has 1 N–H and O–H groups in total. The first kappa shape index (κ1) is 11.3. The lowest BCUT2D eigenvalue weighted by Crippen LogP contribution is -2.08. The van der Waals surface area contributed by atoms with E-state index in [1.54, 1.807) is 0 Å². The van der Waals surface area contributed by atoms with Gasteiger partial charge in [-0.05, 0) is 54.7 Å². The minimum atomic E-state index is -0.00407. The van der Waals surface area contributed by atoms with Gasteiger partial charge in [0.05, 0.1) is 0 Å². The molecule has 0 unspecified atom stereocenters. The van der Waals surface area contributed by atoms with Crippen LogP contribution in [0, 0.1) is 6.92 Å². The van der Waals surface area contributed by atoms with E-state index in [-0.39, 0.29) is 5.56 Å². The van der Waals surface area contributed by atoms with Crippen molar-refractivity contribution < 1.29 is 0 Å². The molecule has 2 aromatic rings. The first-order valence-electron chi connectivity index (χ1n) is 5.44. The van der Waals surface area contributed by atoms with Crippen LogP contribution >= 0.6 is 12.6 Å². The average Bonchev–Trinajstić information content (AvgIpc) is 2.28. The second-order valence-corrected chi connectivity index (χ2v) is 4.48. The molecule has 0 spiro atoms. The molecule has 1 aromatic heterocycles. The van der Waals surface area contributed by atoms with E-state index in [1.165, 1.54) is 5.56 Å². The Balaban J connectivity index is 2.45. The highest BCUT2D eigenvalue weighted by Crippen LogP contribution is 2.14. The first-order chi connectivity index (χ1) is 7.70. The fourth-order valence-electron chi connectivity index (χ4n) is 1.80. The Kier molecular flexibility index (Phi) is 3.34. The molecule has 3 heteroatoms. The van der Waals surface area contributed by atoms with Gasteiger partial charge in [0.25, 0.3) is 5.56 Å². The number of thiol groups is 1. The van der Waals surface area contributed by atoms with Gasteiger partial charge in [0.2, 0.25) is 0 Å². The maximum Gasteiger partial charge on any atom is 0.251 e. The summed E-state index contributed by atoms with van der Waals surface area (Å²) in [5, 5.41) is 1.11. The number of nitrogens with one attached hydrogen (secondary N) is 1. The monoisotopic (exact) mass is 233 g/mol. The van der Waals surface area contributed by atoms with Crippen molar-refractivity contribution in [2.45, 2.75) is 19.8 Å². The Hall–Kier alpha value is -1.22. The highest BCUT2D eigenvalue weighted by molar-refractivity contribution is 7.80. The molecule has 2 nitrogen and oxygen atoms in total. The minimum Gasteiger partial charge on any atom is -0.322 e. The number of aromatic nitrogens is 1. The summed E-state index contributed by atoms with van der Waals surface area (Å²) in [5.74, 6) is 0.905. The highest BCUT2D eigenvalue weighted by Gasteiger charge is 2.00. The van der Waals surface area contributed by atoms with Gasteiger partial charge in [-0.15, -0.1) is 0 Å². The molecular formula is C13H15NOS. The van der Waals surface area contributed by atoms with Crippen LogP contribution in [0.25, 0.3) is 10.9 Å². The molecule has 0 amide bonds. The van der Waals surface area contributed by atoms with Crippen LogP contribution in [0.3, 0.4) is 0 Å². The zero-order chi connectivity index (χ0) is 11.5. The van der Waals surface area contributed by atoms with Crippen molar-refractivity contribution in [1.29, 1.82) is 0 Å². The van der Waals surface area contributed by atoms with Crippen LogP contribution in [-0.4, -0.2) is 10.7 Å². The lowest BCUT2D eigenvalue weighted by molar-refractivity contribution is 0.938. The number of H-pyrrole nitrogens is 1. The molecule has 0 radical (unpaired) electrons. The molecule has 2 rings (SSSR count). The molecule has 0 fully saturated rings. The summed E-state index contributed by atoms with van der Waals surface area (Å²) < 4.78 is 0. The normalized spacial score (nSPS) is 10.9. The van der Waals surface area contributed by atoms with Gasteiger partial charge >= 0.3 is 0 Å². The summed E-state index contributed by atoms with van der Waals surface area (Å²) >= 11 is 4.21. The van der Waals surface area contributed by atoms with Gasteiger partial charge in [-0.25, -0.2) is 0 Å². The molecule has 0 saturated carbocycles. The van der Waals surface area contributed by atoms with Crippen LogP contribution in [-0.2, 0) is 6.42 Å². The van der Waals surface area contributed by atoms with E-state index >= 15 is 0 Å². The van der Waals surface area contributed by atoms with Gasteiger partial charge in [0, 0.05) is 11.1 Å². The zero-order valence-corrected chi connectivity index (χ0v) is 10.2. The summed E-state index contributed by atoms with van der Waals surface area (Å²) in [7, 11) is 0. The van der Waals surface area contributed by atoms with Gasteiger partial charge in [-0.3, -0.25) is 4.79 Å². The molecule has 16 heavy (non-hydrogen) atoms. The van der Waals surface area contributed by atoms with Crippen LogP contribution in [0.15, 0.2) is 29.1 Å². The SMILES string of the molecule is Cc1cc2cc(CCCS)ccc2[nH]c1=O. The summed E-state index contributed by atoms with van der Waals surface area (Å²) in [5.41, 5.74) is 2.97. The maximum atomic E-state index is 11.4. The third kappa shape index (κ3) is 2.30. The van der Waals surface area contributed by atoms with E-state index in [4.69, 9.17) is 0 Å². The number of aryl methyl sites for hydroxylation is 2. The number of fused-ring (bicyclic) bond motifs is 1. The lowest BCUT2D eigenvalue weighted by atomic mass is 10.1. The van der Waals surface area contributed by atoms with E-state index in [1.807, 2.05) is 19.1 Å². The molecule has 0 aliphatic heterocycles. The third-order valence-electron chi connectivity index (χ3n) is 2.72. The van der Waals surface area contributed by atoms with Crippen molar-refractivity contribution in [3.05, 3.63) is 45.7 Å². The van der Waals surface area contributed by atoms with Crippen molar-refractivity contribution in [2.24, 2.45) is 0 Å². The molecular weight excluding hydrogens is 218 g/mol. The predicted molar refractivity (Wildman–Crippen MR) is 71.5 cm³/mol. The first-order valence-corrected chi connectivity index (χ1v) is 6.07. The summed E-state index contributed by atoms with van der Waals surface area (Å²) in [6.45, 7) is 1.83. The quantitative estimate of drug-likeness (QED) is 0.785. The maximum absolute atomic E-state index is 11.4. The fraction of sp³-hybridized carbons (Fsp3) is 0.308. The Morgan fingerprint density at radius 1 is 1.31 bits per heavy atom. The summed E-state index contributed by atoms with van der Waals surface area (Å²) in [6, 6.07) is 8.13. The fourth-order valence-corrected chi connectivity index (χ4v) is 1.96. The predicted octanol–water partition coefficient (Wildman–Crippen LogP) is 2.70. The van der Waals surface area contributed by atoms with E-state index in [9.17, 15) is 4.79 Å². The van der Waals surface area contributed by atoms with E-state index in [2.05, 4.69) is 29.7 Å². The molecule has 0 bridgehead atoms. The second-order valence-electron chi connectivity index (χ2n) is 4.03. The second kappa shape index (κ2) is 4.74. The number of aromatic amines is 1. The van der Waals surface area contributed by atoms with Crippen LogP contribution in [0.2, 0.25) is 0 Å². The van der Waals surface area contributed by atoms with Crippen LogP contribution in [0.4, 0.5) is 0 Å². The number of hydrogen-bond donors (Lipinski definition) is 2. The van der Waals surface area contributed by atoms with Gasteiger partial charge in [0.1, 0.15) is 0 Å². The molecule has 1 aromatic carbocycles. The number of pyridine rings is 1. The van der Waals surface area contributed by atoms with E-state index in [0.717, 1.165) is 35.1 Å². The molecule has 84 valence electrons. The molecule has 1 heterocycles. The number of rotatable bonds is 3. The van der Waals surface area contributed by atoms with E-state index < -0.39 is 0 Å². The van der Waals surface area contributed by atoms with Crippen LogP contribution in [0.5, 0.6) is 0 Å². The molecule has 0 aliphatic rings. The smallest absolute Gasteiger partial charge is 0.251 e. The lowest BCUT2D eigenvalue weighted by Gasteiger charge is -2.03. The molecule has 0 atom stereocenters. The Labute approximate surface area is 100 Å². The summed E-state index contributed by atoms with van der Waals surface area (Å²) in [6.07, 6.45) is 2.12. The van der Waals surface area contributed by atoms with Crippen LogP contribution in [0.1, 0.15) is 17.5 Å². The largest absolute Gasteiger partial charge is 0.322 e. The van der Waals surface area contributed by atoms with Gasteiger partial charge in [-0.1, -0.05) is 6.07 Å². The standard InChI is InChI=1S/C13H15NOS/c1-9-7-11-8-10(3-2-6-16)4-5-12(11)14-13(9)15/h4-5,7-8,16H,2-3,6H2,1H3,(H,14,15). The van der Waals surface area contributed by atoms with Crippen molar-refractivity contribution in [1.82, 2.24) is 4.98 Å². The Morgan fingerprint density at radius 2 is 2.12 bits per heavy atom. The summed E-state index contributed by atoms with van der Waals surface area (Å²) in [4.78, 5) is 14.3. The Bertz CT molecular complexity index is 559. The van der Waals surface area contributed by atoms with Crippen molar-refractivity contribution in [3.8, 4) is 0 Å². The highest BCUT2D eigenvalue weighted by atomic mass is 32.1. The average molecular weight is 233 g/mol. The van der Waals surface area contributed by atoms with Crippen molar-refractivity contribution >= 4 is 23.5 Å². The number of benzene rings is 1. The van der Waals surface area contributed by atoms with Gasteiger partial charge in [0.15, 0.2) is 0 Å². The van der Waals surface area contributed by atoms with Crippen LogP contribution < -0.4 is 5.56 Å². The van der Waals surface area contributed by atoms with Gasteiger partial charge < -0.3 is 4.98 Å². The van der Waals surface area contributed by atoms with Gasteiger partial charge in [-0.2, -0.15) is 12.6 Å². The zero-order valence-electron chi connectivity index (χ0n) is 9.29. The molecule has 0 saturated heterocycles. The van der Waals surface area contributed by atoms with Crippen molar-refractivity contribution in [3.63, 3.8) is 0 Å². The minimum absolute atomic E-state index is 0.00407. The Morgan fingerprint density at radius 3 is 2.88 bits per heavy atom. The molecule has 0 aliphatic carbocycles. The topological polar surface area (TPSA) is 32.9 Å².